The van der Waals surface area contributed by atoms with Gasteiger partial charge in [0.1, 0.15) is 0 Å². The van der Waals surface area contributed by atoms with E-state index in [0.29, 0.717) is 0 Å². The lowest BCUT2D eigenvalue weighted by Gasteiger charge is -1.93. The van der Waals surface area contributed by atoms with Gasteiger partial charge in [-0.1, -0.05) is 0 Å². The minimum Gasteiger partial charge on any atom is -0.316 e. The van der Waals surface area contributed by atoms with Crippen molar-refractivity contribution in [3.05, 3.63) is 28.9 Å². The van der Waals surface area contributed by atoms with Crippen molar-refractivity contribution in [1.82, 2.24) is 15.1 Å². The minimum atomic E-state index is 0.926. The first-order valence-electron chi connectivity index (χ1n) is 4.93. The molecule has 0 aliphatic heterocycles. The van der Waals surface area contributed by atoms with Crippen molar-refractivity contribution in [2.24, 2.45) is 7.05 Å². The molecule has 2 aromatic rings. The van der Waals surface area contributed by atoms with E-state index in [1.807, 2.05) is 25.7 Å². The van der Waals surface area contributed by atoms with Gasteiger partial charge in [0.2, 0.25) is 0 Å². The average molecular weight is 221 g/mol. The number of rotatable bonds is 3. The van der Waals surface area contributed by atoms with Crippen LogP contribution in [0.25, 0.3) is 10.4 Å². The maximum atomic E-state index is 4.35. The van der Waals surface area contributed by atoms with Gasteiger partial charge in [-0.15, -0.1) is 11.3 Å². The molecule has 1 N–H and O–H groups in total. The lowest BCUT2D eigenvalue weighted by Crippen LogP contribution is -2.03. The SMILES string of the molecule is CNCc1csc(-c2cn(C)nc2C)c1. The summed E-state index contributed by atoms with van der Waals surface area (Å²) in [5.74, 6) is 0. The smallest absolute Gasteiger partial charge is 0.0680 e. The quantitative estimate of drug-likeness (QED) is 0.861. The Labute approximate surface area is 93.7 Å². The number of aryl methyl sites for hydroxylation is 2. The van der Waals surface area contributed by atoms with Crippen molar-refractivity contribution in [1.29, 1.82) is 0 Å². The van der Waals surface area contributed by atoms with Crippen LogP contribution in [0.1, 0.15) is 11.3 Å². The Morgan fingerprint density at radius 1 is 1.53 bits per heavy atom. The summed E-state index contributed by atoms with van der Waals surface area (Å²) >= 11 is 1.78. The molecule has 0 spiro atoms. The topological polar surface area (TPSA) is 29.9 Å². The largest absolute Gasteiger partial charge is 0.316 e. The first-order chi connectivity index (χ1) is 7.20. The molecule has 15 heavy (non-hydrogen) atoms. The molecule has 0 radical (unpaired) electrons. The third-order valence-corrected chi connectivity index (χ3v) is 3.33. The van der Waals surface area contributed by atoms with Crippen molar-refractivity contribution in [2.45, 2.75) is 13.5 Å². The van der Waals surface area contributed by atoms with Gasteiger partial charge in [0.25, 0.3) is 0 Å². The van der Waals surface area contributed by atoms with Gasteiger partial charge in [-0.2, -0.15) is 5.10 Å². The summed E-state index contributed by atoms with van der Waals surface area (Å²) in [6.45, 7) is 2.97. The van der Waals surface area contributed by atoms with Crippen LogP contribution >= 0.6 is 11.3 Å². The van der Waals surface area contributed by atoms with Crippen molar-refractivity contribution >= 4 is 11.3 Å². The molecule has 0 saturated carbocycles. The van der Waals surface area contributed by atoms with Crippen molar-refractivity contribution < 1.29 is 0 Å². The van der Waals surface area contributed by atoms with Crippen LogP contribution in [0.2, 0.25) is 0 Å². The molecule has 0 unspecified atom stereocenters. The molecular weight excluding hydrogens is 206 g/mol. The van der Waals surface area contributed by atoms with E-state index >= 15 is 0 Å². The molecular formula is C11H15N3S. The highest BCUT2D eigenvalue weighted by Crippen LogP contribution is 2.29. The average Bonchev–Trinajstić information content (AvgIpc) is 2.73. The fourth-order valence-electron chi connectivity index (χ4n) is 1.66. The highest BCUT2D eigenvalue weighted by molar-refractivity contribution is 7.13. The maximum Gasteiger partial charge on any atom is 0.0680 e. The Hall–Kier alpha value is -1.13. The van der Waals surface area contributed by atoms with E-state index in [9.17, 15) is 0 Å². The zero-order chi connectivity index (χ0) is 10.8. The highest BCUT2D eigenvalue weighted by atomic mass is 32.1. The van der Waals surface area contributed by atoms with Gasteiger partial charge >= 0.3 is 0 Å². The summed E-state index contributed by atoms with van der Waals surface area (Å²) in [6.07, 6.45) is 2.07. The Bertz CT molecular complexity index is 456. The second-order valence-electron chi connectivity index (χ2n) is 3.65. The lowest BCUT2D eigenvalue weighted by molar-refractivity contribution is 0.756. The third-order valence-electron chi connectivity index (χ3n) is 2.31. The summed E-state index contributed by atoms with van der Waals surface area (Å²) < 4.78 is 1.86. The van der Waals surface area contributed by atoms with Gasteiger partial charge in [0.15, 0.2) is 0 Å². The molecule has 0 aliphatic carbocycles. The number of nitrogens with zero attached hydrogens (tertiary/aromatic N) is 2. The molecule has 0 aliphatic rings. The fourth-order valence-corrected chi connectivity index (χ4v) is 2.63. The molecule has 80 valence electrons. The first kappa shape index (κ1) is 10.4. The molecule has 3 nitrogen and oxygen atoms in total. The third kappa shape index (κ3) is 2.11. The zero-order valence-electron chi connectivity index (χ0n) is 9.24. The van der Waals surface area contributed by atoms with Crippen LogP contribution in [0, 0.1) is 6.92 Å². The van der Waals surface area contributed by atoms with E-state index < -0.39 is 0 Å². The van der Waals surface area contributed by atoms with Crippen molar-refractivity contribution in [2.75, 3.05) is 7.05 Å². The molecule has 0 aromatic carbocycles. The molecule has 2 aromatic heterocycles. The molecule has 2 heterocycles. The van der Waals surface area contributed by atoms with Gasteiger partial charge in [0, 0.05) is 30.2 Å². The predicted molar refractivity (Wildman–Crippen MR) is 64.0 cm³/mol. The summed E-state index contributed by atoms with van der Waals surface area (Å²) in [4.78, 5) is 1.30. The molecule has 0 amide bonds. The van der Waals surface area contributed by atoms with E-state index in [1.54, 1.807) is 11.3 Å². The second kappa shape index (κ2) is 4.16. The van der Waals surface area contributed by atoms with Crippen LogP contribution in [0.5, 0.6) is 0 Å². The second-order valence-corrected chi connectivity index (χ2v) is 4.56. The Morgan fingerprint density at radius 3 is 2.93 bits per heavy atom. The minimum absolute atomic E-state index is 0.926. The molecule has 0 saturated heterocycles. The number of hydrogen-bond donors (Lipinski definition) is 1. The number of hydrogen-bond acceptors (Lipinski definition) is 3. The van der Waals surface area contributed by atoms with E-state index in [-0.39, 0.29) is 0 Å². The Balaban J connectivity index is 2.32. The molecule has 4 heteroatoms. The van der Waals surface area contributed by atoms with Gasteiger partial charge in [0.05, 0.1) is 5.69 Å². The summed E-state index contributed by atoms with van der Waals surface area (Å²) in [5.41, 5.74) is 3.67. The van der Waals surface area contributed by atoms with Gasteiger partial charge in [-0.05, 0) is 31.0 Å². The molecule has 0 bridgehead atoms. The van der Waals surface area contributed by atoms with Crippen LogP contribution in [-0.2, 0) is 13.6 Å². The first-order valence-corrected chi connectivity index (χ1v) is 5.81. The number of thiophene rings is 1. The van der Waals surface area contributed by atoms with Gasteiger partial charge < -0.3 is 5.32 Å². The highest BCUT2D eigenvalue weighted by Gasteiger charge is 2.08. The van der Waals surface area contributed by atoms with E-state index in [4.69, 9.17) is 0 Å². The maximum absolute atomic E-state index is 4.35. The van der Waals surface area contributed by atoms with Crippen LogP contribution < -0.4 is 5.32 Å². The standard InChI is InChI=1S/C11H15N3S/c1-8-10(6-14(3)13-8)11-4-9(5-12-2)7-15-11/h4,6-7,12H,5H2,1-3H3. The van der Waals surface area contributed by atoms with Crippen LogP contribution in [-0.4, -0.2) is 16.8 Å². The van der Waals surface area contributed by atoms with Crippen LogP contribution in [0.4, 0.5) is 0 Å². The Morgan fingerprint density at radius 2 is 2.33 bits per heavy atom. The van der Waals surface area contributed by atoms with Crippen molar-refractivity contribution in [3.63, 3.8) is 0 Å². The van der Waals surface area contributed by atoms with Crippen molar-refractivity contribution in [3.8, 4) is 10.4 Å². The van der Waals surface area contributed by atoms with Gasteiger partial charge in [-0.3, -0.25) is 4.68 Å². The van der Waals surface area contributed by atoms with E-state index in [0.717, 1.165) is 12.2 Å². The fraction of sp³-hybridized carbons (Fsp3) is 0.364. The lowest BCUT2D eigenvalue weighted by atomic mass is 10.2. The van der Waals surface area contributed by atoms with Crippen LogP contribution in [0.3, 0.4) is 0 Å². The zero-order valence-corrected chi connectivity index (χ0v) is 10.1. The number of nitrogens with one attached hydrogen (secondary N) is 1. The molecule has 2 rings (SSSR count). The summed E-state index contributed by atoms with van der Waals surface area (Å²) in [5, 5.41) is 9.70. The summed E-state index contributed by atoms with van der Waals surface area (Å²) in [7, 11) is 3.92. The monoisotopic (exact) mass is 221 g/mol. The van der Waals surface area contributed by atoms with Gasteiger partial charge in [-0.25, -0.2) is 0 Å². The molecule has 0 fully saturated rings. The van der Waals surface area contributed by atoms with Crippen LogP contribution in [0.15, 0.2) is 17.6 Å². The van der Waals surface area contributed by atoms with E-state index in [1.165, 1.54) is 16.0 Å². The normalized spacial score (nSPS) is 10.9. The number of aromatic nitrogens is 2. The van der Waals surface area contributed by atoms with E-state index in [2.05, 4.69) is 28.1 Å². The molecule has 0 atom stereocenters. The summed E-state index contributed by atoms with van der Waals surface area (Å²) in [6, 6.07) is 2.23. The Kier molecular flexibility index (Phi) is 2.88. The predicted octanol–water partition coefficient (Wildman–Crippen LogP) is 2.18.